The van der Waals surface area contributed by atoms with Gasteiger partial charge in [-0.3, -0.25) is 0 Å². The molecule has 6 rings (SSSR count). The zero-order valence-electron chi connectivity index (χ0n) is 17.1. The monoisotopic (exact) mass is 406 g/mol. The Kier molecular flexibility index (Phi) is 3.56. The maximum atomic E-state index is 14.6. The van der Waals surface area contributed by atoms with Gasteiger partial charge in [0.15, 0.2) is 5.60 Å². The number of benzene rings is 1. The van der Waals surface area contributed by atoms with E-state index < -0.39 is 11.6 Å². The van der Waals surface area contributed by atoms with E-state index >= 15 is 0 Å². The molecule has 5 nitrogen and oxygen atoms in total. The summed E-state index contributed by atoms with van der Waals surface area (Å²) >= 11 is 0. The summed E-state index contributed by atoms with van der Waals surface area (Å²) in [5, 5.41) is 12.2. The van der Waals surface area contributed by atoms with Gasteiger partial charge < -0.3 is 14.7 Å². The van der Waals surface area contributed by atoms with Gasteiger partial charge in [-0.2, -0.15) is 0 Å². The van der Waals surface area contributed by atoms with E-state index in [0.29, 0.717) is 17.6 Å². The second-order valence-corrected chi connectivity index (χ2v) is 8.82. The average molecular weight is 406 g/mol. The number of rotatable bonds is 1. The number of carbonyl (C=O) groups excluding carboxylic acids is 1. The summed E-state index contributed by atoms with van der Waals surface area (Å²) in [5.41, 5.74) is 6.77. The molecule has 0 unspecified atom stereocenters. The third-order valence-corrected chi connectivity index (χ3v) is 7.32. The smallest absolute Gasteiger partial charge is 0.343 e. The molecular weight excluding hydrogens is 383 g/mol. The van der Waals surface area contributed by atoms with E-state index in [4.69, 9.17) is 9.72 Å². The Morgan fingerprint density at radius 1 is 1.27 bits per heavy atom. The first-order valence-electron chi connectivity index (χ1n) is 10.6. The number of hydrogen-bond acceptors (Lipinski definition) is 5. The number of carbonyl (C=O) groups is 1. The minimum atomic E-state index is -1.61. The number of aryl methyl sites for hydroxylation is 2. The summed E-state index contributed by atoms with van der Waals surface area (Å²) in [6, 6.07) is 1.56. The molecule has 0 radical (unpaired) electrons. The number of ether oxygens (including phenoxy) is 1. The SMILES string of the molecule is CC[C@@]1(O)C(=O)OCC2=C1C=C1c3nc4cc(F)c(C)c5c4c(c3CN1C2)CCC5. The highest BCUT2D eigenvalue weighted by Crippen LogP contribution is 2.45. The van der Waals surface area contributed by atoms with E-state index in [2.05, 4.69) is 4.90 Å². The highest BCUT2D eigenvalue weighted by Gasteiger charge is 2.47. The van der Waals surface area contributed by atoms with Gasteiger partial charge in [0.25, 0.3) is 0 Å². The maximum Gasteiger partial charge on any atom is 0.343 e. The minimum Gasteiger partial charge on any atom is -0.459 e. The first kappa shape index (κ1) is 18.1. The largest absolute Gasteiger partial charge is 0.459 e. The van der Waals surface area contributed by atoms with Crippen molar-refractivity contribution in [3.8, 4) is 0 Å². The fourth-order valence-corrected chi connectivity index (χ4v) is 5.64. The van der Waals surface area contributed by atoms with Crippen LogP contribution in [0.4, 0.5) is 4.39 Å². The Morgan fingerprint density at radius 3 is 2.87 bits per heavy atom. The van der Waals surface area contributed by atoms with Crippen molar-refractivity contribution in [1.29, 1.82) is 0 Å². The maximum absolute atomic E-state index is 14.6. The zero-order chi connectivity index (χ0) is 20.8. The second-order valence-electron chi connectivity index (χ2n) is 8.82. The van der Waals surface area contributed by atoms with Crippen LogP contribution >= 0.6 is 0 Å². The lowest BCUT2D eigenvalue weighted by atomic mass is 9.83. The van der Waals surface area contributed by atoms with Gasteiger partial charge >= 0.3 is 5.97 Å². The summed E-state index contributed by atoms with van der Waals surface area (Å²) in [6.07, 6.45) is 5.03. The molecule has 0 bridgehead atoms. The van der Waals surface area contributed by atoms with Crippen molar-refractivity contribution in [1.82, 2.24) is 9.88 Å². The average Bonchev–Trinajstić information content (AvgIpc) is 3.11. The Balaban J connectivity index is 1.59. The van der Waals surface area contributed by atoms with Gasteiger partial charge in [0.2, 0.25) is 0 Å². The Labute approximate surface area is 173 Å². The van der Waals surface area contributed by atoms with Crippen LogP contribution in [0.1, 0.15) is 47.7 Å². The Bertz CT molecular complexity index is 1230. The van der Waals surface area contributed by atoms with Gasteiger partial charge in [0.05, 0.1) is 16.9 Å². The molecule has 0 saturated carbocycles. The van der Waals surface area contributed by atoms with Crippen LogP contribution in [0.2, 0.25) is 0 Å². The van der Waals surface area contributed by atoms with Crippen LogP contribution in [-0.2, 0) is 28.9 Å². The lowest BCUT2D eigenvalue weighted by Crippen LogP contribution is -2.47. The van der Waals surface area contributed by atoms with Crippen molar-refractivity contribution >= 4 is 22.6 Å². The molecule has 154 valence electrons. The zero-order valence-corrected chi connectivity index (χ0v) is 17.1. The third-order valence-electron chi connectivity index (χ3n) is 7.32. The number of aromatic nitrogens is 1. The number of cyclic esters (lactones) is 1. The van der Waals surface area contributed by atoms with Gasteiger partial charge in [-0.1, -0.05) is 6.92 Å². The molecule has 1 N–H and O–H groups in total. The third kappa shape index (κ3) is 2.15. The quantitative estimate of drug-likeness (QED) is 0.736. The number of esters is 1. The normalized spacial score (nSPS) is 24.5. The molecule has 0 fully saturated rings. The molecular formula is C24H23FN2O3. The summed E-state index contributed by atoms with van der Waals surface area (Å²) in [7, 11) is 0. The molecule has 0 amide bonds. The lowest BCUT2D eigenvalue weighted by molar-refractivity contribution is -0.163. The Morgan fingerprint density at radius 2 is 2.07 bits per heavy atom. The number of pyridine rings is 1. The number of fused-ring (bicyclic) bond motifs is 4. The van der Waals surface area contributed by atoms with Crippen molar-refractivity contribution < 1.29 is 19.0 Å². The number of hydrogen-bond donors (Lipinski definition) is 1. The fourth-order valence-electron chi connectivity index (χ4n) is 5.64. The van der Waals surface area contributed by atoms with Gasteiger partial charge in [-0.05, 0) is 60.9 Å². The summed E-state index contributed by atoms with van der Waals surface area (Å²) in [5.74, 6) is -0.790. The number of aliphatic hydroxyl groups is 1. The first-order chi connectivity index (χ1) is 14.4. The highest BCUT2D eigenvalue weighted by atomic mass is 19.1. The lowest BCUT2D eigenvalue weighted by Gasteiger charge is -2.37. The molecule has 0 spiro atoms. The van der Waals surface area contributed by atoms with Gasteiger partial charge in [-0.25, -0.2) is 14.2 Å². The number of nitrogens with zero attached hydrogens (tertiary/aromatic N) is 2. The predicted molar refractivity (Wildman–Crippen MR) is 110 cm³/mol. The molecule has 2 aromatic rings. The molecule has 3 aliphatic heterocycles. The predicted octanol–water partition coefficient (Wildman–Crippen LogP) is 3.34. The van der Waals surface area contributed by atoms with E-state index in [1.54, 1.807) is 13.0 Å². The summed E-state index contributed by atoms with van der Waals surface area (Å²) < 4.78 is 19.9. The van der Waals surface area contributed by atoms with Crippen LogP contribution < -0.4 is 0 Å². The van der Waals surface area contributed by atoms with Crippen molar-refractivity contribution in [2.24, 2.45) is 0 Å². The molecule has 4 heterocycles. The van der Waals surface area contributed by atoms with E-state index in [-0.39, 0.29) is 18.8 Å². The fraction of sp³-hybridized carbons (Fsp3) is 0.417. The van der Waals surface area contributed by atoms with E-state index in [9.17, 15) is 14.3 Å². The molecule has 1 aromatic carbocycles. The topological polar surface area (TPSA) is 62.7 Å². The van der Waals surface area contributed by atoms with Gasteiger partial charge in [-0.15, -0.1) is 0 Å². The van der Waals surface area contributed by atoms with Crippen LogP contribution in [0.3, 0.4) is 0 Å². The standard InChI is InChI=1S/C24H23FN2O3/c1-3-24(29)17-7-20-22-16(10-27(20)9-13(17)11-30-23(24)28)15-6-4-5-14-12(2)18(25)8-19(26-22)21(14)15/h7-8,29H,3-6,9-11H2,1-2H3/t24-/m0/s1. The molecule has 1 aliphatic carbocycles. The van der Waals surface area contributed by atoms with Crippen LogP contribution in [0.25, 0.3) is 16.6 Å². The van der Waals surface area contributed by atoms with E-state index in [0.717, 1.165) is 59.3 Å². The molecule has 4 aliphatic rings. The Hall–Kier alpha value is -2.73. The van der Waals surface area contributed by atoms with Crippen molar-refractivity contribution in [2.75, 3.05) is 13.2 Å². The summed E-state index contributed by atoms with van der Waals surface area (Å²) in [6.45, 7) is 5.20. The van der Waals surface area contributed by atoms with Crippen LogP contribution in [0, 0.1) is 12.7 Å². The van der Waals surface area contributed by atoms with Crippen molar-refractivity contribution in [2.45, 2.75) is 51.7 Å². The van der Waals surface area contributed by atoms with Crippen LogP contribution in [0.15, 0.2) is 23.3 Å². The summed E-state index contributed by atoms with van der Waals surface area (Å²) in [4.78, 5) is 19.5. The van der Waals surface area contributed by atoms with Crippen molar-refractivity contribution in [3.05, 3.63) is 57.1 Å². The molecule has 1 aromatic heterocycles. The molecule has 0 saturated heterocycles. The second kappa shape index (κ2) is 5.91. The van der Waals surface area contributed by atoms with E-state index in [1.807, 2.05) is 13.0 Å². The van der Waals surface area contributed by atoms with Crippen LogP contribution in [-0.4, -0.2) is 39.7 Å². The van der Waals surface area contributed by atoms with Crippen molar-refractivity contribution in [3.63, 3.8) is 0 Å². The molecule has 1 atom stereocenters. The van der Waals surface area contributed by atoms with E-state index in [1.165, 1.54) is 11.1 Å². The minimum absolute atomic E-state index is 0.203. The molecule has 30 heavy (non-hydrogen) atoms. The highest BCUT2D eigenvalue weighted by molar-refractivity contribution is 5.93. The number of halogens is 1. The van der Waals surface area contributed by atoms with Gasteiger partial charge in [0.1, 0.15) is 12.4 Å². The van der Waals surface area contributed by atoms with Crippen LogP contribution in [0.5, 0.6) is 0 Å². The molecule has 6 heteroatoms. The van der Waals surface area contributed by atoms with Gasteiger partial charge in [0, 0.05) is 35.7 Å². The first-order valence-corrected chi connectivity index (χ1v) is 10.6.